The minimum atomic E-state index is 0.883. The first-order chi connectivity index (χ1) is 11.4. The lowest BCUT2D eigenvalue weighted by Crippen LogP contribution is -2.35. The number of hydrogen-bond acceptors (Lipinski definition) is 2. The normalized spacial score (nSPS) is 16.7. The second-order valence-electron chi connectivity index (χ2n) is 6.80. The molecule has 2 heterocycles. The van der Waals surface area contributed by atoms with Crippen LogP contribution in [0.1, 0.15) is 37.7 Å². The van der Waals surface area contributed by atoms with Crippen LogP contribution in [0.3, 0.4) is 0 Å². The number of benzene rings is 1. The average Bonchev–Trinajstić information content (AvgIpc) is 3.10. The van der Waals surface area contributed by atoms with Crippen molar-refractivity contribution >= 4 is 0 Å². The van der Waals surface area contributed by atoms with Gasteiger partial charge in [0.05, 0.1) is 0 Å². The molecule has 2 aromatic rings. The van der Waals surface area contributed by atoms with Gasteiger partial charge in [-0.1, -0.05) is 36.8 Å². The quantitative estimate of drug-likeness (QED) is 0.687. The lowest BCUT2D eigenvalue weighted by Gasteiger charge is -2.32. The van der Waals surface area contributed by atoms with Gasteiger partial charge in [-0.15, -0.1) is 0 Å². The van der Waals surface area contributed by atoms with E-state index >= 15 is 0 Å². The van der Waals surface area contributed by atoms with E-state index in [2.05, 4.69) is 46.5 Å². The summed E-state index contributed by atoms with van der Waals surface area (Å²) in [5.74, 6) is 0.883. The van der Waals surface area contributed by atoms with Gasteiger partial charge >= 0.3 is 0 Å². The van der Waals surface area contributed by atoms with Crippen molar-refractivity contribution in [2.24, 2.45) is 5.92 Å². The van der Waals surface area contributed by atoms with Crippen molar-refractivity contribution in [3.8, 4) is 0 Å². The Morgan fingerprint density at radius 1 is 0.913 bits per heavy atom. The van der Waals surface area contributed by atoms with E-state index in [0.29, 0.717) is 0 Å². The average molecular weight is 311 g/mol. The summed E-state index contributed by atoms with van der Waals surface area (Å²) >= 11 is 0. The van der Waals surface area contributed by atoms with Gasteiger partial charge in [-0.2, -0.15) is 5.10 Å². The van der Waals surface area contributed by atoms with E-state index in [9.17, 15) is 0 Å². The van der Waals surface area contributed by atoms with E-state index in [1.54, 1.807) is 0 Å². The summed E-state index contributed by atoms with van der Waals surface area (Å²) in [4.78, 5) is 2.66. The number of rotatable bonds is 8. The maximum Gasteiger partial charge on any atom is 0.0489 e. The summed E-state index contributed by atoms with van der Waals surface area (Å²) in [5, 5.41) is 4.25. The maximum absolute atomic E-state index is 4.25. The molecule has 124 valence electrons. The third-order valence-electron chi connectivity index (χ3n) is 5.00. The van der Waals surface area contributed by atoms with Crippen LogP contribution >= 0.6 is 0 Å². The molecule has 0 spiro atoms. The molecule has 0 N–H and O–H groups in total. The van der Waals surface area contributed by atoms with Gasteiger partial charge in [0.25, 0.3) is 0 Å². The van der Waals surface area contributed by atoms with Crippen LogP contribution in [0.15, 0.2) is 48.8 Å². The molecule has 0 bridgehead atoms. The number of hydrogen-bond donors (Lipinski definition) is 0. The van der Waals surface area contributed by atoms with Crippen LogP contribution in [0.5, 0.6) is 0 Å². The largest absolute Gasteiger partial charge is 0.303 e. The molecule has 3 rings (SSSR count). The lowest BCUT2D eigenvalue weighted by atomic mass is 9.90. The highest BCUT2D eigenvalue weighted by atomic mass is 15.3. The molecule has 3 heteroatoms. The van der Waals surface area contributed by atoms with E-state index < -0.39 is 0 Å². The second-order valence-corrected chi connectivity index (χ2v) is 6.80. The molecule has 1 fully saturated rings. The van der Waals surface area contributed by atoms with Crippen molar-refractivity contribution < 1.29 is 0 Å². The monoisotopic (exact) mass is 311 g/mol. The molecule has 1 saturated heterocycles. The molecule has 1 aromatic carbocycles. The smallest absolute Gasteiger partial charge is 0.0489 e. The Morgan fingerprint density at radius 3 is 2.43 bits per heavy atom. The van der Waals surface area contributed by atoms with E-state index in [4.69, 9.17) is 0 Å². The summed E-state index contributed by atoms with van der Waals surface area (Å²) in [6, 6.07) is 13.0. The van der Waals surface area contributed by atoms with Gasteiger partial charge in [0.15, 0.2) is 0 Å². The van der Waals surface area contributed by atoms with Gasteiger partial charge in [-0.3, -0.25) is 4.68 Å². The van der Waals surface area contributed by atoms with E-state index in [0.717, 1.165) is 12.5 Å². The van der Waals surface area contributed by atoms with Crippen LogP contribution in [0.4, 0.5) is 0 Å². The number of nitrogens with zero attached hydrogens (tertiary/aromatic N) is 3. The Labute approximate surface area is 140 Å². The van der Waals surface area contributed by atoms with Gasteiger partial charge in [-0.25, -0.2) is 0 Å². The van der Waals surface area contributed by atoms with Gasteiger partial charge in [0.1, 0.15) is 0 Å². The first-order valence-corrected chi connectivity index (χ1v) is 9.14. The standard InChI is InChI=1S/C20H29N3/c1-3-8-19(9-4-1)18-20-10-16-22(17-11-20)13-5-2-6-14-23-15-7-12-21-23/h1,3-4,7-9,12,15,20H,2,5-6,10-11,13-14,16-18H2. The highest BCUT2D eigenvalue weighted by Crippen LogP contribution is 2.21. The van der Waals surface area contributed by atoms with Crippen LogP contribution in [-0.4, -0.2) is 34.3 Å². The molecule has 0 aliphatic carbocycles. The molecular formula is C20H29N3. The zero-order valence-electron chi connectivity index (χ0n) is 14.1. The lowest BCUT2D eigenvalue weighted by molar-refractivity contribution is 0.180. The summed E-state index contributed by atoms with van der Waals surface area (Å²) in [7, 11) is 0. The fourth-order valence-corrected chi connectivity index (χ4v) is 3.58. The fraction of sp³-hybridized carbons (Fsp3) is 0.550. The molecule has 0 amide bonds. The van der Waals surface area contributed by atoms with Crippen molar-refractivity contribution in [3.63, 3.8) is 0 Å². The summed E-state index contributed by atoms with van der Waals surface area (Å²) in [6.45, 7) is 4.91. The first-order valence-electron chi connectivity index (χ1n) is 9.14. The molecule has 1 aliphatic rings. The topological polar surface area (TPSA) is 21.1 Å². The van der Waals surface area contributed by atoms with Gasteiger partial charge < -0.3 is 4.90 Å². The molecule has 23 heavy (non-hydrogen) atoms. The van der Waals surface area contributed by atoms with Gasteiger partial charge in [0.2, 0.25) is 0 Å². The third-order valence-corrected chi connectivity index (χ3v) is 5.00. The summed E-state index contributed by atoms with van der Waals surface area (Å²) in [5.41, 5.74) is 1.50. The van der Waals surface area contributed by atoms with Gasteiger partial charge in [0, 0.05) is 18.9 Å². The predicted octanol–water partition coefficient (Wildman–Crippen LogP) is 4.01. The highest BCUT2D eigenvalue weighted by Gasteiger charge is 2.18. The molecule has 0 saturated carbocycles. The summed E-state index contributed by atoms with van der Waals surface area (Å²) < 4.78 is 2.04. The van der Waals surface area contributed by atoms with Crippen molar-refractivity contribution in [1.29, 1.82) is 0 Å². The van der Waals surface area contributed by atoms with Crippen LogP contribution in [0, 0.1) is 5.92 Å². The minimum Gasteiger partial charge on any atom is -0.303 e. The Morgan fingerprint density at radius 2 is 1.70 bits per heavy atom. The van der Waals surface area contributed by atoms with Crippen molar-refractivity contribution in [2.75, 3.05) is 19.6 Å². The summed E-state index contributed by atoms with van der Waals surface area (Å²) in [6.07, 6.45) is 11.8. The van der Waals surface area contributed by atoms with Crippen LogP contribution in [-0.2, 0) is 13.0 Å². The molecule has 0 unspecified atom stereocenters. The van der Waals surface area contributed by atoms with E-state index in [-0.39, 0.29) is 0 Å². The maximum atomic E-state index is 4.25. The zero-order valence-corrected chi connectivity index (χ0v) is 14.1. The van der Waals surface area contributed by atoms with Crippen molar-refractivity contribution in [1.82, 2.24) is 14.7 Å². The molecule has 0 atom stereocenters. The number of unbranched alkanes of at least 4 members (excludes halogenated alkanes) is 2. The molecule has 1 aliphatic heterocycles. The van der Waals surface area contributed by atoms with Crippen LogP contribution in [0.2, 0.25) is 0 Å². The van der Waals surface area contributed by atoms with Crippen molar-refractivity contribution in [2.45, 2.75) is 45.1 Å². The Hall–Kier alpha value is -1.61. The van der Waals surface area contributed by atoms with E-state index in [1.807, 2.05) is 16.9 Å². The van der Waals surface area contributed by atoms with E-state index in [1.165, 1.54) is 63.7 Å². The second kappa shape index (κ2) is 8.88. The third kappa shape index (κ3) is 5.51. The SMILES string of the molecule is c1ccc(CC2CCN(CCCCCn3cccn3)CC2)cc1. The fourth-order valence-electron chi connectivity index (χ4n) is 3.58. The highest BCUT2D eigenvalue weighted by molar-refractivity contribution is 5.15. The Bertz CT molecular complexity index is 527. The number of aromatic nitrogens is 2. The number of piperidine rings is 1. The predicted molar refractivity (Wildman–Crippen MR) is 95.4 cm³/mol. The Kier molecular flexibility index (Phi) is 6.27. The van der Waals surface area contributed by atoms with Crippen molar-refractivity contribution in [3.05, 3.63) is 54.4 Å². The molecule has 1 aromatic heterocycles. The number of aryl methyl sites for hydroxylation is 1. The molecule has 0 radical (unpaired) electrons. The Balaban J connectivity index is 1.26. The van der Waals surface area contributed by atoms with Gasteiger partial charge in [-0.05, 0) is 69.3 Å². The molecular weight excluding hydrogens is 282 g/mol. The van der Waals surface area contributed by atoms with Crippen LogP contribution in [0.25, 0.3) is 0 Å². The number of likely N-dealkylation sites (tertiary alicyclic amines) is 1. The molecule has 3 nitrogen and oxygen atoms in total. The minimum absolute atomic E-state index is 0.883. The first kappa shape index (κ1) is 16.3. The van der Waals surface area contributed by atoms with Crippen LogP contribution < -0.4 is 0 Å². The zero-order chi connectivity index (χ0) is 15.7.